The number of hydrogen-bond acceptors (Lipinski definition) is 2. The summed E-state index contributed by atoms with van der Waals surface area (Å²) in [5.74, 6) is -0.308. The van der Waals surface area contributed by atoms with Crippen LogP contribution in [0, 0.1) is 19.7 Å². The van der Waals surface area contributed by atoms with Crippen molar-refractivity contribution in [1.29, 1.82) is 0 Å². The minimum atomic E-state index is -0.308. The van der Waals surface area contributed by atoms with Gasteiger partial charge in [0.15, 0.2) is 0 Å². The Morgan fingerprint density at radius 2 is 1.94 bits per heavy atom. The van der Waals surface area contributed by atoms with E-state index in [1.54, 1.807) is 17.4 Å². The topological polar surface area (TPSA) is 12.0 Å². The second kappa shape index (κ2) is 5.39. The van der Waals surface area contributed by atoms with E-state index in [0.717, 1.165) is 5.56 Å². The number of benzene rings is 1. The van der Waals surface area contributed by atoms with Crippen LogP contribution in [0.5, 0.6) is 0 Å². The van der Waals surface area contributed by atoms with Gasteiger partial charge in [0.05, 0.1) is 6.04 Å². The maximum atomic E-state index is 13.1. The molecule has 2 rings (SSSR count). The Hall–Kier alpha value is -0.900. The average molecular weight is 284 g/mol. The molecule has 0 fully saturated rings. The first-order valence-corrected chi connectivity index (χ1v) is 6.91. The Balaban J connectivity index is 2.48. The summed E-state index contributed by atoms with van der Waals surface area (Å²) in [4.78, 5) is 2.52. The second-order valence-corrected chi connectivity index (χ2v) is 6.12. The molecule has 2 aromatic rings. The zero-order valence-electron chi connectivity index (χ0n) is 10.6. The summed E-state index contributed by atoms with van der Waals surface area (Å²) in [6, 6.07) is 6.70. The third-order valence-corrected chi connectivity index (χ3v) is 4.26. The second-order valence-electron chi connectivity index (χ2n) is 4.26. The van der Waals surface area contributed by atoms with Crippen LogP contribution in [0.3, 0.4) is 0 Å². The summed E-state index contributed by atoms with van der Waals surface area (Å²) >= 11 is 7.89. The molecule has 0 radical (unpaired) electrons. The molecular weight excluding hydrogens is 269 g/mol. The summed E-state index contributed by atoms with van der Waals surface area (Å²) in [7, 11) is 1.89. The number of aryl methyl sites for hydroxylation is 2. The average Bonchev–Trinajstić information content (AvgIpc) is 2.62. The fourth-order valence-corrected chi connectivity index (χ4v) is 3.39. The molecule has 0 amide bonds. The maximum Gasteiger partial charge on any atom is 0.124 e. The minimum Gasteiger partial charge on any atom is -0.309 e. The Bertz CT molecular complexity index is 565. The van der Waals surface area contributed by atoms with Crippen molar-refractivity contribution < 1.29 is 4.39 Å². The van der Waals surface area contributed by atoms with Gasteiger partial charge in [0.2, 0.25) is 0 Å². The van der Waals surface area contributed by atoms with E-state index in [1.165, 1.54) is 27.5 Å². The first-order chi connectivity index (χ1) is 8.52. The Morgan fingerprint density at radius 3 is 2.44 bits per heavy atom. The number of thiophene rings is 1. The Morgan fingerprint density at radius 1 is 1.22 bits per heavy atom. The van der Waals surface area contributed by atoms with Gasteiger partial charge in [0, 0.05) is 14.8 Å². The molecule has 0 bridgehead atoms. The molecule has 1 unspecified atom stereocenters. The molecule has 1 aromatic heterocycles. The van der Waals surface area contributed by atoms with Gasteiger partial charge in [-0.05, 0) is 50.2 Å². The summed E-state index contributed by atoms with van der Waals surface area (Å²) in [5.41, 5.74) is 2.11. The molecule has 4 heteroatoms. The van der Waals surface area contributed by atoms with Crippen molar-refractivity contribution >= 4 is 22.9 Å². The van der Waals surface area contributed by atoms with Crippen LogP contribution in [0.2, 0.25) is 5.02 Å². The summed E-state index contributed by atoms with van der Waals surface area (Å²) in [6.07, 6.45) is 0. The minimum absolute atomic E-state index is 0.00282. The molecule has 1 nitrogen and oxygen atoms in total. The molecule has 0 saturated carbocycles. The quantitative estimate of drug-likeness (QED) is 0.876. The molecule has 0 aliphatic carbocycles. The molecule has 18 heavy (non-hydrogen) atoms. The fourth-order valence-electron chi connectivity index (χ4n) is 2.15. The number of rotatable bonds is 3. The van der Waals surface area contributed by atoms with Gasteiger partial charge in [0.25, 0.3) is 0 Å². The normalized spacial score (nSPS) is 12.7. The van der Waals surface area contributed by atoms with Crippen LogP contribution in [0.15, 0.2) is 24.3 Å². The predicted molar refractivity (Wildman–Crippen MR) is 76.1 cm³/mol. The van der Waals surface area contributed by atoms with E-state index in [0.29, 0.717) is 5.02 Å². The Kier molecular flexibility index (Phi) is 4.05. The van der Waals surface area contributed by atoms with Crippen molar-refractivity contribution in [3.05, 3.63) is 56.0 Å². The number of hydrogen-bond donors (Lipinski definition) is 1. The van der Waals surface area contributed by atoms with Crippen molar-refractivity contribution in [2.45, 2.75) is 19.9 Å². The van der Waals surface area contributed by atoms with Gasteiger partial charge in [-0.3, -0.25) is 0 Å². The molecule has 96 valence electrons. The molecule has 0 aliphatic rings. The lowest BCUT2D eigenvalue weighted by atomic mass is 9.99. The highest BCUT2D eigenvalue weighted by Crippen LogP contribution is 2.33. The van der Waals surface area contributed by atoms with E-state index in [9.17, 15) is 4.39 Å². The molecular formula is C14H15ClFNS. The Labute approximate surface area is 116 Å². The van der Waals surface area contributed by atoms with Crippen molar-refractivity contribution in [3.8, 4) is 0 Å². The zero-order chi connectivity index (χ0) is 13.3. The molecule has 0 spiro atoms. The van der Waals surface area contributed by atoms with Crippen molar-refractivity contribution in [2.75, 3.05) is 7.05 Å². The highest BCUT2D eigenvalue weighted by atomic mass is 35.5. The first kappa shape index (κ1) is 13.5. The SMILES string of the molecule is CNC(c1ccc(F)cc1Cl)c1cc(C)sc1C. The van der Waals surface area contributed by atoms with E-state index in [2.05, 4.69) is 25.2 Å². The highest BCUT2D eigenvalue weighted by molar-refractivity contribution is 7.12. The van der Waals surface area contributed by atoms with E-state index in [1.807, 2.05) is 7.05 Å². The van der Waals surface area contributed by atoms with E-state index < -0.39 is 0 Å². The third kappa shape index (κ3) is 2.58. The van der Waals surface area contributed by atoms with Gasteiger partial charge in [-0.1, -0.05) is 17.7 Å². The van der Waals surface area contributed by atoms with Gasteiger partial charge >= 0.3 is 0 Å². The molecule has 1 N–H and O–H groups in total. The van der Waals surface area contributed by atoms with Gasteiger partial charge < -0.3 is 5.32 Å². The molecule has 1 aromatic carbocycles. The predicted octanol–water partition coefficient (Wildman–Crippen LogP) is 4.47. The van der Waals surface area contributed by atoms with Gasteiger partial charge in [-0.25, -0.2) is 4.39 Å². The van der Waals surface area contributed by atoms with Crippen LogP contribution in [-0.4, -0.2) is 7.05 Å². The third-order valence-electron chi connectivity index (χ3n) is 2.95. The largest absolute Gasteiger partial charge is 0.309 e. The van der Waals surface area contributed by atoms with E-state index in [-0.39, 0.29) is 11.9 Å². The van der Waals surface area contributed by atoms with Crippen LogP contribution in [0.25, 0.3) is 0 Å². The fraction of sp³-hybridized carbons (Fsp3) is 0.286. The number of nitrogens with one attached hydrogen (secondary N) is 1. The lowest BCUT2D eigenvalue weighted by Crippen LogP contribution is -2.18. The van der Waals surface area contributed by atoms with E-state index in [4.69, 9.17) is 11.6 Å². The first-order valence-electron chi connectivity index (χ1n) is 5.72. The molecule has 0 aliphatic heterocycles. The highest BCUT2D eigenvalue weighted by Gasteiger charge is 2.19. The summed E-state index contributed by atoms with van der Waals surface area (Å²) < 4.78 is 13.1. The number of halogens is 2. The zero-order valence-corrected chi connectivity index (χ0v) is 12.1. The molecule has 1 atom stereocenters. The lowest BCUT2D eigenvalue weighted by Gasteiger charge is -2.18. The van der Waals surface area contributed by atoms with Crippen LogP contribution >= 0.6 is 22.9 Å². The van der Waals surface area contributed by atoms with Gasteiger partial charge in [0.1, 0.15) is 5.82 Å². The monoisotopic (exact) mass is 283 g/mol. The lowest BCUT2D eigenvalue weighted by molar-refractivity contribution is 0.623. The van der Waals surface area contributed by atoms with Crippen molar-refractivity contribution in [2.24, 2.45) is 0 Å². The molecule has 1 heterocycles. The van der Waals surface area contributed by atoms with Crippen molar-refractivity contribution in [3.63, 3.8) is 0 Å². The van der Waals surface area contributed by atoms with Gasteiger partial charge in [-0.2, -0.15) is 0 Å². The van der Waals surface area contributed by atoms with Crippen LogP contribution in [-0.2, 0) is 0 Å². The van der Waals surface area contributed by atoms with Crippen molar-refractivity contribution in [1.82, 2.24) is 5.32 Å². The van der Waals surface area contributed by atoms with Crippen LogP contribution in [0.4, 0.5) is 4.39 Å². The molecule has 0 saturated heterocycles. The summed E-state index contributed by atoms with van der Waals surface area (Å²) in [6.45, 7) is 4.18. The van der Waals surface area contributed by atoms with E-state index >= 15 is 0 Å². The summed E-state index contributed by atoms with van der Waals surface area (Å²) in [5, 5.41) is 3.70. The maximum absolute atomic E-state index is 13.1. The van der Waals surface area contributed by atoms with Crippen LogP contribution < -0.4 is 5.32 Å². The van der Waals surface area contributed by atoms with Crippen LogP contribution in [0.1, 0.15) is 26.9 Å². The van der Waals surface area contributed by atoms with Gasteiger partial charge in [-0.15, -0.1) is 11.3 Å². The smallest absolute Gasteiger partial charge is 0.124 e. The standard InChI is InChI=1S/C14H15ClFNS/c1-8-6-12(9(2)18-8)14(17-3)11-5-4-10(16)7-13(11)15/h4-7,14,17H,1-3H3.